The summed E-state index contributed by atoms with van der Waals surface area (Å²) in [4.78, 5) is 41.9. The van der Waals surface area contributed by atoms with Crippen LogP contribution in [-0.4, -0.2) is 28.8 Å². The van der Waals surface area contributed by atoms with E-state index in [-0.39, 0.29) is 49.1 Å². The van der Waals surface area contributed by atoms with E-state index < -0.39 is 42.5 Å². The predicted octanol–water partition coefficient (Wildman–Crippen LogP) is 5.18. The second kappa shape index (κ2) is 6.78. The highest BCUT2D eigenvalue weighted by Crippen LogP contribution is 2.45. The van der Waals surface area contributed by atoms with Gasteiger partial charge >= 0.3 is 5.97 Å². The fourth-order valence-corrected chi connectivity index (χ4v) is 3.87. The molecule has 0 N–H and O–H groups in total. The van der Waals surface area contributed by atoms with Crippen molar-refractivity contribution in [1.82, 2.24) is 5.06 Å². The zero-order valence-corrected chi connectivity index (χ0v) is 15.8. The van der Waals surface area contributed by atoms with E-state index in [9.17, 15) is 23.2 Å². The van der Waals surface area contributed by atoms with Crippen LogP contribution in [0.2, 0.25) is 20.1 Å². The maximum Gasteiger partial charge on any atom is 0.336 e. The van der Waals surface area contributed by atoms with E-state index in [1.54, 1.807) is 0 Å². The number of fused-ring (bicyclic) bond motifs is 1. The number of carbonyl (C=O) groups is 3. The van der Waals surface area contributed by atoms with Crippen molar-refractivity contribution in [1.29, 1.82) is 0 Å². The van der Waals surface area contributed by atoms with Crippen molar-refractivity contribution in [2.45, 2.75) is 31.6 Å². The molecule has 0 radical (unpaired) electrons. The Kier molecular flexibility index (Phi) is 5.11. The summed E-state index contributed by atoms with van der Waals surface area (Å²) < 4.78 is 26.4. The van der Waals surface area contributed by atoms with E-state index in [4.69, 9.17) is 51.2 Å². The minimum absolute atomic E-state index is 0.117. The average Bonchev–Trinajstić information content (AvgIpc) is 2.82. The van der Waals surface area contributed by atoms with Crippen LogP contribution < -0.4 is 0 Å². The molecule has 0 atom stereocenters. The summed E-state index contributed by atoms with van der Waals surface area (Å²) in [6, 6.07) is 0. The first-order valence-corrected chi connectivity index (χ1v) is 8.90. The number of benzene rings is 1. The first kappa shape index (κ1) is 19.6. The second-order valence-corrected chi connectivity index (χ2v) is 7.46. The van der Waals surface area contributed by atoms with Gasteiger partial charge in [0.05, 0.1) is 37.1 Å². The molecule has 5 nitrogen and oxygen atoms in total. The van der Waals surface area contributed by atoms with Gasteiger partial charge in [-0.1, -0.05) is 51.5 Å². The molecule has 0 bridgehead atoms. The van der Waals surface area contributed by atoms with Crippen LogP contribution in [0.4, 0.5) is 8.78 Å². The molecule has 1 aromatic rings. The Bertz CT molecular complexity index is 789. The van der Waals surface area contributed by atoms with Gasteiger partial charge in [-0.05, 0) is 12.8 Å². The van der Waals surface area contributed by atoms with Crippen molar-refractivity contribution in [2.75, 3.05) is 0 Å². The van der Waals surface area contributed by atoms with Gasteiger partial charge in [0.1, 0.15) is 0 Å². The number of nitrogens with zero attached hydrogens (tertiary/aromatic N) is 1. The summed E-state index contributed by atoms with van der Waals surface area (Å²) in [7, 11) is 0. The second-order valence-electron chi connectivity index (χ2n) is 5.95. The van der Waals surface area contributed by atoms with Crippen LogP contribution in [0.1, 0.15) is 46.4 Å². The molecule has 2 amide bonds. The van der Waals surface area contributed by atoms with Gasteiger partial charge in [-0.3, -0.25) is 9.59 Å². The van der Waals surface area contributed by atoms with Crippen LogP contribution in [0.15, 0.2) is 0 Å². The average molecular weight is 447 g/mol. The third kappa shape index (κ3) is 3.15. The maximum absolute atomic E-state index is 13.2. The van der Waals surface area contributed by atoms with Gasteiger partial charge in [-0.2, -0.15) is 0 Å². The fourth-order valence-electron chi connectivity index (χ4n) is 2.85. The SMILES string of the molecule is O=C(ON1C(=O)c2c(Cl)c(Cl)c(Cl)c(Cl)c2C1=O)C1CCC(F)(F)CC1. The third-order valence-electron chi connectivity index (χ3n) is 4.30. The fraction of sp³-hybridized carbons (Fsp3) is 0.400. The van der Waals surface area contributed by atoms with Crippen molar-refractivity contribution in [3.8, 4) is 0 Å². The number of imide groups is 1. The smallest absolute Gasteiger partial charge is 0.329 e. The van der Waals surface area contributed by atoms with Gasteiger partial charge in [0.2, 0.25) is 5.92 Å². The molecule has 0 saturated heterocycles. The highest BCUT2D eigenvalue weighted by molar-refractivity contribution is 6.55. The largest absolute Gasteiger partial charge is 0.336 e. The van der Waals surface area contributed by atoms with Gasteiger partial charge in [0.25, 0.3) is 11.8 Å². The molecular formula is C15H9Cl4F2NO4. The summed E-state index contributed by atoms with van der Waals surface area (Å²) >= 11 is 23.7. The summed E-state index contributed by atoms with van der Waals surface area (Å²) in [5.41, 5.74) is -0.668. The van der Waals surface area contributed by atoms with Crippen molar-refractivity contribution in [3.63, 3.8) is 0 Å². The first-order chi connectivity index (χ1) is 12.0. The number of hydrogen-bond acceptors (Lipinski definition) is 4. The van der Waals surface area contributed by atoms with Crippen molar-refractivity contribution >= 4 is 64.2 Å². The Morgan fingerprint density at radius 2 is 1.35 bits per heavy atom. The summed E-state index contributed by atoms with van der Waals surface area (Å²) in [5.74, 6) is -6.72. The molecule has 1 aliphatic carbocycles. The molecule has 1 saturated carbocycles. The highest BCUT2D eigenvalue weighted by atomic mass is 35.5. The Balaban J connectivity index is 1.84. The lowest BCUT2D eigenvalue weighted by molar-refractivity contribution is -0.177. The number of carbonyl (C=O) groups excluding carboxylic acids is 3. The van der Waals surface area contributed by atoms with Crippen LogP contribution >= 0.6 is 46.4 Å². The number of rotatable bonds is 2. The van der Waals surface area contributed by atoms with E-state index >= 15 is 0 Å². The third-order valence-corrected chi connectivity index (χ3v) is 6.10. The minimum Gasteiger partial charge on any atom is -0.329 e. The molecule has 0 aromatic heterocycles. The number of halogens is 6. The molecule has 2 aliphatic rings. The van der Waals surface area contributed by atoms with Crippen molar-refractivity contribution < 1.29 is 28.0 Å². The molecule has 11 heteroatoms. The van der Waals surface area contributed by atoms with Gasteiger partial charge in [-0.25, -0.2) is 13.6 Å². The zero-order valence-electron chi connectivity index (χ0n) is 12.8. The number of amides is 2. The summed E-state index contributed by atoms with van der Waals surface area (Å²) in [6.07, 6.45) is -1.18. The lowest BCUT2D eigenvalue weighted by Crippen LogP contribution is -2.37. The number of hydroxylamine groups is 2. The quantitative estimate of drug-likeness (QED) is 0.356. The van der Waals surface area contributed by atoms with E-state index in [0.717, 1.165) is 0 Å². The minimum atomic E-state index is -2.83. The van der Waals surface area contributed by atoms with Gasteiger partial charge in [-0.15, -0.1) is 0 Å². The predicted molar refractivity (Wildman–Crippen MR) is 90.0 cm³/mol. The van der Waals surface area contributed by atoms with Gasteiger partial charge < -0.3 is 4.84 Å². The summed E-state index contributed by atoms with van der Waals surface area (Å²) in [6.45, 7) is 0. The van der Waals surface area contributed by atoms with E-state index in [2.05, 4.69) is 0 Å². The monoisotopic (exact) mass is 445 g/mol. The van der Waals surface area contributed by atoms with Crippen LogP contribution in [0.25, 0.3) is 0 Å². The van der Waals surface area contributed by atoms with E-state index in [1.807, 2.05) is 0 Å². The molecule has 1 aliphatic heterocycles. The Hall–Kier alpha value is -1.15. The topological polar surface area (TPSA) is 63.7 Å². The normalized spacial score (nSPS) is 19.7. The zero-order chi connectivity index (χ0) is 19.4. The lowest BCUT2D eigenvalue weighted by Gasteiger charge is -2.27. The lowest BCUT2D eigenvalue weighted by atomic mass is 9.87. The van der Waals surface area contributed by atoms with Gasteiger partial charge in [0.15, 0.2) is 0 Å². The molecule has 1 fully saturated rings. The number of alkyl halides is 2. The molecule has 140 valence electrons. The molecule has 26 heavy (non-hydrogen) atoms. The molecule has 1 heterocycles. The molecule has 0 unspecified atom stereocenters. The Morgan fingerprint density at radius 1 is 0.923 bits per heavy atom. The van der Waals surface area contributed by atoms with E-state index in [0.29, 0.717) is 0 Å². The highest BCUT2D eigenvalue weighted by Gasteiger charge is 2.46. The van der Waals surface area contributed by atoms with Crippen LogP contribution in [-0.2, 0) is 9.63 Å². The van der Waals surface area contributed by atoms with Crippen molar-refractivity contribution in [2.24, 2.45) is 5.92 Å². The summed E-state index contributed by atoms with van der Waals surface area (Å²) in [5, 5.41) is -0.846. The van der Waals surface area contributed by atoms with Crippen LogP contribution in [0.5, 0.6) is 0 Å². The van der Waals surface area contributed by atoms with Crippen molar-refractivity contribution in [3.05, 3.63) is 31.2 Å². The molecule has 1 aromatic carbocycles. The van der Waals surface area contributed by atoms with Crippen LogP contribution in [0, 0.1) is 5.92 Å². The molecule has 0 spiro atoms. The first-order valence-electron chi connectivity index (χ1n) is 7.39. The van der Waals surface area contributed by atoms with E-state index in [1.165, 1.54) is 0 Å². The molecular weight excluding hydrogens is 438 g/mol. The Labute approximate surface area is 166 Å². The molecule has 3 rings (SSSR count). The maximum atomic E-state index is 13.2. The van der Waals surface area contributed by atoms with Crippen LogP contribution in [0.3, 0.4) is 0 Å². The van der Waals surface area contributed by atoms with Gasteiger partial charge in [0, 0.05) is 12.8 Å². The number of hydrogen-bond donors (Lipinski definition) is 0. The Morgan fingerprint density at radius 3 is 1.77 bits per heavy atom. The standard InChI is InChI=1S/C15H9Cl4F2NO4/c16-8-6-7(9(17)11(19)10(8)18)13(24)22(12(6)23)26-14(25)5-1-3-15(20,21)4-2-5/h5H,1-4H2.